The molecule has 0 aliphatic rings. The Morgan fingerprint density at radius 1 is 0.825 bits per heavy atom. The molecule has 0 aromatic carbocycles. The summed E-state index contributed by atoms with van der Waals surface area (Å²) in [7, 11) is 1.76. The first-order chi connectivity index (χ1) is 19.0. The van der Waals surface area contributed by atoms with Crippen molar-refractivity contribution >= 4 is 14.1 Å². The van der Waals surface area contributed by atoms with E-state index < -0.39 is 14.3 Å². The topological polar surface area (TPSA) is 97.3 Å². The predicted molar refractivity (Wildman–Crippen MR) is 164 cm³/mol. The summed E-state index contributed by atoms with van der Waals surface area (Å²) in [5.41, 5.74) is 1.04. The van der Waals surface area contributed by atoms with Crippen LogP contribution in [0.1, 0.15) is 123 Å². The van der Waals surface area contributed by atoms with E-state index in [2.05, 4.69) is 13.5 Å². The molecule has 0 rings (SSSR count). The molecule has 0 saturated heterocycles. The van der Waals surface area contributed by atoms with Gasteiger partial charge in [-0.15, -0.1) is 0 Å². The van der Waals surface area contributed by atoms with Gasteiger partial charge in [0.2, 0.25) is 0 Å². The minimum absolute atomic E-state index is 0.0742. The number of carbonyl (C=O) groups is 1. The van der Waals surface area contributed by atoms with Crippen molar-refractivity contribution in [2.75, 3.05) is 54.1 Å². The SMILES string of the molecule is C=C(CCCCCCCCCCCCCCC)CC(CO[P+]([O-])(O)OCC[N+](C)(C)C)OCCCC(=O)OCC. The summed E-state index contributed by atoms with van der Waals surface area (Å²) >= 11 is 0. The zero-order chi connectivity index (χ0) is 30.1. The molecule has 0 aliphatic heterocycles. The van der Waals surface area contributed by atoms with E-state index in [0.29, 0.717) is 37.1 Å². The number of hydrogen-bond acceptors (Lipinski definition) is 7. The minimum atomic E-state index is -4.18. The van der Waals surface area contributed by atoms with Gasteiger partial charge >= 0.3 is 14.1 Å². The number of esters is 1. The van der Waals surface area contributed by atoms with E-state index in [1.165, 1.54) is 77.0 Å². The van der Waals surface area contributed by atoms with Crippen molar-refractivity contribution in [2.24, 2.45) is 0 Å². The average Bonchev–Trinajstić information content (AvgIpc) is 2.87. The first-order valence-corrected chi connectivity index (χ1v) is 17.3. The lowest BCUT2D eigenvalue weighted by Gasteiger charge is -2.26. The largest absolute Gasteiger partial charge is 0.606 e. The van der Waals surface area contributed by atoms with Crippen molar-refractivity contribution < 1.29 is 37.6 Å². The van der Waals surface area contributed by atoms with Crippen LogP contribution in [0.2, 0.25) is 0 Å². The van der Waals surface area contributed by atoms with Crippen LogP contribution in [-0.2, 0) is 23.3 Å². The molecule has 40 heavy (non-hydrogen) atoms. The fourth-order valence-electron chi connectivity index (χ4n) is 4.33. The number of ether oxygens (including phenoxy) is 2. The molecule has 0 aliphatic carbocycles. The van der Waals surface area contributed by atoms with Gasteiger partial charge in [-0.25, -0.2) is 0 Å². The van der Waals surface area contributed by atoms with Gasteiger partial charge in [-0.3, -0.25) is 4.79 Å². The van der Waals surface area contributed by atoms with Crippen molar-refractivity contribution in [1.82, 2.24) is 0 Å². The molecule has 238 valence electrons. The number of unbranched alkanes of at least 4 members (excludes halogenated alkanes) is 12. The highest BCUT2D eigenvalue weighted by atomic mass is 31.2. The average molecular weight is 593 g/mol. The third kappa shape index (κ3) is 27.6. The molecule has 0 aromatic rings. The molecule has 0 aromatic heterocycles. The Bertz CT molecular complexity index is 625. The van der Waals surface area contributed by atoms with Gasteiger partial charge in [0.1, 0.15) is 19.8 Å². The molecule has 0 radical (unpaired) electrons. The van der Waals surface area contributed by atoms with Crippen LogP contribution in [0.5, 0.6) is 0 Å². The molecule has 8 nitrogen and oxygen atoms in total. The number of quaternary nitrogens is 1. The summed E-state index contributed by atoms with van der Waals surface area (Å²) in [6.07, 6.45) is 18.9. The van der Waals surface area contributed by atoms with Crippen molar-refractivity contribution in [2.45, 2.75) is 129 Å². The molecule has 0 saturated carbocycles. The molecule has 0 fully saturated rings. The molecule has 2 unspecified atom stereocenters. The van der Waals surface area contributed by atoms with E-state index in [4.69, 9.17) is 18.5 Å². The first-order valence-electron chi connectivity index (χ1n) is 15.8. The summed E-state index contributed by atoms with van der Waals surface area (Å²) in [5.74, 6) is -0.253. The number of hydrogen-bond donors (Lipinski definition) is 1. The molecular weight excluding hydrogens is 529 g/mol. The van der Waals surface area contributed by atoms with E-state index in [0.717, 1.165) is 18.4 Å². The highest BCUT2D eigenvalue weighted by molar-refractivity contribution is 7.52. The molecule has 2 atom stereocenters. The van der Waals surface area contributed by atoms with E-state index in [1.54, 1.807) is 6.92 Å². The van der Waals surface area contributed by atoms with Gasteiger partial charge in [0.25, 0.3) is 0 Å². The normalized spacial score (nSPS) is 14.2. The minimum Gasteiger partial charge on any atom is -0.606 e. The van der Waals surface area contributed by atoms with Gasteiger partial charge in [0.05, 0.1) is 33.9 Å². The van der Waals surface area contributed by atoms with Crippen molar-refractivity contribution in [3.63, 3.8) is 0 Å². The molecule has 0 heterocycles. The fourth-order valence-corrected chi connectivity index (χ4v) is 5.07. The van der Waals surface area contributed by atoms with Crippen LogP contribution in [0.3, 0.4) is 0 Å². The standard InChI is InChI=1S/C31H62NO7P/c1-7-9-10-11-12-13-14-15-16-17-18-19-20-22-29(3)27-30(37-25-21-23-31(33)36-8-2)28-39-40(34,35)38-26-24-32(4,5)6/h30H,3,7-28H2,1-2,4-6H3/p+1. The second kappa shape index (κ2) is 24.9. The lowest BCUT2D eigenvalue weighted by atomic mass is 10.0. The number of carbonyl (C=O) groups excluding carboxylic acids is 1. The third-order valence-corrected chi connectivity index (χ3v) is 7.76. The van der Waals surface area contributed by atoms with E-state index >= 15 is 0 Å². The Morgan fingerprint density at radius 3 is 1.90 bits per heavy atom. The van der Waals surface area contributed by atoms with Crippen LogP contribution in [0.15, 0.2) is 12.2 Å². The fraction of sp³-hybridized carbons (Fsp3) is 0.903. The summed E-state index contributed by atoms with van der Waals surface area (Å²) < 4.78 is 21.9. The Hall–Kier alpha value is -0.600. The predicted octanol–water partition coefficient (Wildman–Crippen LogP) is 6.91. The Balaban J connectivity index is 4.29. The Morgan fingerprint density at radius 2 is 1.38 bits per heavy atom. The number of likely N-dealkylation sites (N-methyl/N-ethyl adjacent to an activating group) is 1. The van der Waals surface area contributed by atoms with E-state index in [9.17, 15) is 14.6 Å². The van der Waals surface area contributed by atoms with Crippen LogP contribution in [0.25, 0.3) is 0 Å². The number of rotatable bonds is 29. The smallest absolute Gasteiger partial charge is 0.377 e. The lowest BCUT2D eigenvalue weighted by Crippen LogP contribution is -2.38. The quantitative estimate of drug-likeness (QED) is 0.0331. The Kier molecular flexibility index (Phi) is 24.6. The highest BCUT2D eigenvalue weighted by Gasteiger charge is 2.30. The molecule has 0 spiro atoms. The van der Waals surface area contributed by atoms with Crippen LogP contribution < -0.4 is 4.89 Å². The number of phosphoric ester groups is 1. The summed E-state index contributed by atoms with van der Waals surface area (Å²) in [4.78, 5) is 34.0. The van der Waals surface area contributed by atoms with Crippen molar-refractivity contribution in [3.05, 3.63) is 12.2 Å². The van der Waals surface area contributed by atoms with Gasteiger partial charge in [0.15, 0.2) is 0 Å². The molecule has 0 bridgehead atoms. The maximum Gasteiger partial charge on any atom is 0.377 e. The zero-order valence-corrected chi connectivity index (χ0v) is 27.5. The third-order valence-electron chi connectivity index (χ3n) is 6.77. The van der Waals surface area contributed by atoms with Crippen molar-refractivity contribution in [1.29, 1.82) is 0 Å². The van der Waals surface area contributed by atoms with E-state index in [-0.39, 0.29) is 25.6 Å². The van der Waals surface area contributed by atoms with Crippen LogP contribution >= 0.6 is 8.17 Å². The molecule has 0 amide bonds. The zero-order valence-electron chi connectivity index (χ0n) is 26.6. The maximum atomic E-state index is 12.4. The van der Waals surface area contributed by atoms with Gasteiger partial charge in [-0.05, 0) is 32.6 Å². The summed E-state index contributed by atoms with van der Waals surface area (Å²) in [6.45, 7) is 9.57. The van der Waals surface area contributed by atoms with Gasteiger partial charge < -0.3 is 18.9 Å². The maximum absolute atomic E-state index is 12.4. The number of phosphoric acid groups is 1. The molecule has 9 heteroatoms. The molecule has 1 N–H and O–H groups in total. The van der Waals surface area contributed by atoms with Crippen LogP contribution in [0, 0.1) is 0 Å². The van der Waals surface area contributed by atoms with Crippen LogP contribution in [-0.4, -0.2) is 75.6 Å². The van der Waals surface area contributed by atoms with Crippen molar-refractivity contribution in [3.8, 4) is 0 Å². The summed E-state index contributed by atoms with van der Waals surface area (Å²) in [6, 6.07) is 0. The van der Waals surface area contributed by atoms with Gasteiger partial charge in [0, 0.05) is 13.0 Å². The highest BCUT2D eigenvalue weighted by Crippen LogP contribution is 2.47. The number of nitrogens with zero attached hydrogens (tertiary/aromatic N) is 1. The second-order valence-electron chi connectivity index (χ2n) is 12.0. The lowest BCUT2D eigenvalue weighted by molar-refractivity contribution is -0.870. The van der Waals surface area contributed by atoms with Gasteiger partial charge in [-0.2, -0.15) is 13.9 Å². The Labute approximate surface area is 247 Å². The first kappa shape index (κ1) is 39.4. The second-order valence-corrected chi connectivity index (χ2v) is 13.4. The summed E-state index contributed by atoms with van der Waals surface area (Å²) in [5, 5.41) is 0. The van der Waals surface area contributed by atoms with Crippen LogP contribution in [0.4, 0.5) is 0 Å². The van der Waals surface area contributed by atoms with E-state index in [1.807, 2.05) is 21.1 Å². The monoisotopic (exact) mass is 592 g/mol. The van der Waals surface area contributed by atoms with Gasteiger partial charge in [-0.1, -0.05) is 96.1 Å². The molecular formula is C31H63NO7P+.